The summed E-state index contributed by atoms with van der Waals surface area (Å²) in [6.45, 7) is 3.46. The van der Waals surface area contributed by atoms with E-state index in [1.807, 2.05) is 6.92 Å². The van der Waals surface area contributed by atoms with E-state index >= 15 is 0 Å². The minimum atomic E-state index is -0.493. The Hall–Kier alpha value is -1.59. The van der Waals surface area contributed by atoms with Crippen LogP contribution < -0.4 is 16.4 Å². The third kappa shape index (κ3) is 3.68. The van der Waals surface area contributed by atoms with E-state index < -0.39 is 5.91 Å². The van der Waals surface area contributed by atoms with Gasteiger partial charge in [-0.15, -0.1) is 12.4 Å². The van der Waals surface area contributed by atoms with Crippen LogP contribution in [0, 0.1) is 12.8 Å². The summed E-state index contributed by atoms with van der Waals surface area (Å²) in [4.78, 5) is 23.1. The van der Waals surface area contributed by atoms with Gasteiger partial charge in [0.15, 0.2) is 0 Å². The fraction of sp³-hybridized carbons (Fsp3) is 0.385. The van der Waals surface area contributed by atoms with Crippen molar-refractivity contribution in [3.05, 3.63) is 29.3 Å². The Bertz CT molecular complexity index is 485. The molecule has 1 atom stereocenters. The lowest BCUT2D eigenvalue weighted by molar-refractivity contribution is -0.119. The molecule has 1 saturated heterocycles. The van der Waals surface area contributed by atoms with Gasteiger partial charge in [-0.25, -0.2) is 0 Å². The van der Waals surface area contributed by atoms with Crippen LogP contribution in [0.15, 0.2) is 18.2 Å². The molecule has 4 N–H and O–H groups in total. The topological polar surface area (TPSA) is 84.2 Å². The lowest BCUT2D eigenvalue weighted by Crippen LogP contribution is -2.25. The smallest absolute Gasteiger partial charge is 0.248 e. The largest absolute Gasteiger partial charge is 0.366 e. The van der Waals surface area contributed by atoms with Crippen LogP contribution in [-0.2, 0) is 4.79 Å². The summed E-state index contributed by atoms with van der Waals surface area (Å²) in [7, 11) is 0. The highest BCUT2D eigenvalue weighted by atomic mass is 35.5. The van der Waals surface area contributed by atoms with E-state index in [9.17, 15) is 9.59 Å². The van der Waals surface area contributed by atoms with Crippen LogP contribution in [0.1, 0.15) is 22.3 Å². The first-order chi connectivity index (χ1) is 8.58. The maximum atomic E-state index is 12.0. The number of nitrogens with two attached hydrogens (primary N) is 1. The number of primary amides is 1. The van der Waals surface area contributed by atoms with E-state index in [-0.39, 0.29) is 24.2 Å². The van der Waals surface area contributed by atoms with Gasteiger partial charge < -0.3 is 16.4 Å². The molecule has 19 heavy (non-hydrogen) atoms. The SMILES string of the molecule is Cc1ccc(C(N)=O)cc1NC(=O)C1CCNC1.Cl. The molecule has 0 saturated carbocycles. The van der Waals surface area contributed by atoms with E-state index in [2.05, 4.69) is 10.6 Å². The maximum absolute atomic E-state index is 12.0. The fourth-order valence-corrected chi connectivity index (χ4v) is 2.02. The van der Waals surface area contributed by atoms with Crippen LogP contribution in [0.5, 0.6) is 0 Å². The second kappa shape index (κ2) is 6.54. The monoisotopic (exact) mass is 283 g/mol. The maximum Gasteiger partial charge on any atom is 0.248 e. The highest BCUT2D eigenvalue weighted by molar-refractivity contribution is 5.97. The van der Waals surface area contributed by atoms with Crippen molar-refractivity contribution in [1.82, 2.24) is 5.32 Å². The Morgan fingerprint density at radius 1 is 1.42 bits per heavy atom. The average Bonchev–Trinajstić information content (AvgIpc) is 2.85. The molecule has 0 radical (unpaired) electrons. The summed E-state index contributed by atoms with van der Waals surface area (Å²) in [6, 6.07) is 5.06. The van der Waals surface area contributed by atoms with Gasteiger partial charge in [0.1, 0.15) is 0 Å². The number of benzene rings is 1. The lowest BCUT2D eigenvalue weighted by Gasteiger charge is -2.12. The van der Waals surface area contributed by atoms with Gasteiger partial charge in [-0.2, -0.15) is 0 Å². The van der Waals surface area contributed by atoms with Crippen molar-refractivity contribution in [3.63, 3.8) is 0 Å². The number of aryl methyl sites for hydroxylation is 1. The standard InChI is InChI=1S/C13H17N3O2.ClH/c1-8-2-3-9(12(14)17)6-11(8)16-13(18)10-4-5-15-7-10;/h2-3,6,10,15H,4-5,7H2,1H3,(H2,14,17)(H,16,18);1H. The molecule has 1 fully saturated rings. The zero-order chi connectivity index (χ0) is 13.1. The molecule has 5 nitrogen and oxygen atoms in total. The Balaban J connectivity index is 0.00000180. The molecule has 1 heterocycles. The number of nitrogens with one attached hydrogen (secondary N) is 2. The van der Waals surface area contributed by atoms with Crippen molar-refractivity contribution in [2.75, 3.05) is 18.4 Å². The van der Waals surface area contributed by atoms with Gasteiger partial charge >= 0.3 is 0 Å². The van der Waals surface area contributed by atoms with Crippen molar-refractivity contribution in [2.45, 2.75) is 13.3 Å². The normalized spacial score (nSPS) is 17.6. The number of rotatable bonds is 3. The molecule has 0 spiro atoms. The third-order valence-corrected chi connectivity index (χ3v) is 3.21. The molecule has 2 amide bonds. The summed E-state index contributed by atoms with van der Waals surface area (Å²) in [5, 5.41) is 6.01. The van der Waals surface area contributed by atoms with Crippen LogP contribution in [0.4, 0.5) is 5.69 Å². The van der Waals surface area contributed by atoms with E-state index in [1.165, 1.54) is 0 Å². The van der Waals surface area contributed by atoms with Crippen molar-refractivity contribution in [2.24, 2.45) is 11.7 Å². The summed E-state index contributed by atoms with van der Waals surface area (Å²) in [5.41, 5.74) is 7.20. The number of anilines is 1. The van der Waals surface area contributed by atoms with Gasteiger partial charge in [-0.3, -0.25) is 9.59 Å². The second-order valence-electron chi connectivity index (χ2n) is 4.57. The Labute approximate surface area is 118 Å². The molecule has 1 unspecified atom stereocenters. The van der Waals surface area contributed by atoms with E-state index in [0.29, 0.717) is 17.8 Å². The predicted molar refractivity (Wildman–Crippen MR) is 76.6 cm³/mol. The molecule has 0 bridgehead atoms. The zero-order valence-electron chi connectivity index (χ0n) is 10.7. The molecule has 104 valence electrons. The Morgan fingerprint density at radius 2 is 2.16 bits per heavy atom. The van der Waals surface area contributed by atoms with Gasteiger partial charge in [-0.1, -0.05) is 6.07 Å². The third-order valence-electron chi connectivity index (χ3n) is 3.21. The molecule has 1 aliphatic rings. The summed E-state index contributed by atoms with van der Waals surface area (Å²) in [6.07, 6.45) is 0.848. The first-order valence-electron chi connectivity index (χ1n) is 6.00. The van der Waals surface area contributed by atoms with Crippen LogP contribution in [-0.4, -0.2) is 24.9 Å². The van der Waals surface area contributed by atoms with Crippen LogP contribution in [0.25, 0.3) is 0 Å². The molecular formula is C13H18ClN3O2. The minimum absolute atomic E-state index is 0. The second-order valence-corrected chi connectivity index (χ2v) is 4.57. The molecule has 0 aromatic heterocycles. The fourth-order valence-electron chi connectivity index (χ4n) is 2.02. The number of amides is 2. The molecule has 6 heteroatoms. The lowest BCUT2D eigenvalue weighted by atomic mass is 10.1. The van der Waals surface area contributed by atoms with E-state index in [4.69, 9.17) is 5.73 Å². The summed E-state index contributed by atoms with van der Waals surface area (Å²) >= 11 is 0. The summed E-state index contributed by atoms with van der Waals surface area (Å²) < 4.78 is 0. The quantitative estimate of drug-likeness (QED) is 0.776. The molecule has 1 aromatic carbocycles. The first kappa shape index (κ1) is 15.5. The van der Waals surface area contributed by atoms with E-state index in [1.54, 1.807) is 18.2 Å². The number of carbonyl (C=O) groups excluding carboxylic acids is 2. The predicted octanol–water partition coefficient (Wildman–Crippen LogP) is 1.06. The first-order valence-corrected chi connectivity index (χ1v) is 6.00. The minimum Gasteiger partial charge on any atom is -0.366 e. The van der Waals surface area contributed by atoms with Gasteiger partial charge in [-0.05, 0) is 37.6 Å². The average molecular weight is 284 g/mol. The molecule has 0 aliphatic carbocycles. The number of hydrogen-bond donors (Lipinski definition) is 3. The van der Waals surface area contributed by atoms with Crippen LogP contribution >= 0.6 is 12.4 Å². The Morgan fingerprint density at radius 3 is 2.74 bits per heavy atom. The number of carbonyl (C=O) groups is 2. The van der Waals surface area contributed by atoms with Gasteiger partial charge in [0.25, 0.3) is 0 Å². The number of hydrogen-bond acceptors (Lipinski definition) is 3. The molecule has 2 rings (SSSR count). The van der Waals surface area contributed by atoms with Crippen molar-refractivity contribution in [3.8, 4) is 0 Å². The van der Waals surface area contributed by atoms with Crippen molar-refractivity contribution < 1.29 is 9.59 Å². The van der Waals surface area contributed by atoms with Crippen molar-refractivity contribution in [1.29, 1.82) is 0 Å². The number of halogens is 1. The molecular weight excluding hydrogens is 266 g/mol. The molecule has 1 aromatic rings. The summed E-state index contributed by atoms with van der Waals surface area (Å²) in [5.74, 6) is -0.501. The highest BCUT2D eigenvalue weighted by Crippen LogP contribution is 2.19. The Kier molecular flexibility index (Phi) is 5.32. The highest BCUT2D eigenvalue weighted by Gasteiger charge is 2.22. The van der Waals surface area contributed by atoms with Gasteiger partial charge in [0, 0.05) is 17.8 Å². The molecule has 1 aliphatic heterocycles. The van der Waals surface area contributed by atoms with Crippen molar-refractivity contribution >= 4 is 29.9 Å². The van der Waals surface area contributed by atoms with Gasteiger partial charge in [0.05, 0.1) is 5.92 Å². The van der Waals surface area contributed by atoms with Crippen LogP contribution in [0.3, 0.4) is 0 Å². The van der Waals surface area contributed by atoms with Crippen LogP contribution in [0.2, 0.25) is 0 Å². The van der Waals surface area contributed by atoms with E-state index in [0.717, 1.165) is 18.5 Å². The van der Waals surface area contributed by atoms with Gasteiger partial charge in [0.2, 0.25) is 11.8 Å². The zero-order valence-corrected chi connectivity index (χ0v) is 11.5.